The van der Waals surface area contributed by atoms with Gasteiger partial charge in [-0.3, -0.25) is 0 Å². The predicted octanol–water partition coefficient (Wildman–Crippen LogP) is 2.25. The van der Waals surface area contributed by atoms with E-state index in [9.17, 15) is 0 Å². The monoisotopic (exact) mass is 331 g/mol. The lowest BCUT2D eigenvalue weighted by atomic mass is 10.4. The van der Waals surface area contributed by atoms with Crippen LogP contribution in [0.25, 0.3) is 0 Å². The summed E-state index contributed by atoms with van der Waals surface area (Å²) in [5.41, 5.74) is 1.07. The number of rotatable bonds is 10. The van der Waals surface area contributed by atoms with Crippen LogP contribution in [0, 0.1) is 0 Å². The first-order chi connectivity index (χ1) is 9.31. The topological polar surface area (TPSA) is 47.5 Å². The number of anilines is 1. The van der Waals surface area contributed by atoms with Gasteiger partial charge < -0.3 is 14.4 Å². The molecule has 0 unspecified atom stereocenters. The van der Waals surface area contributed by atoms with Gasteiger partial charge in [-0.25, -0.2) is 9.97 Å². The molecule has 0 aliphatic carbocycles. The molecule has 0 fully saturated rings. The zero-order valence-corrected chi connectivity index (χ0v) is 13.2. The van der Waals surface area contributed by atoms with E-state index in [1.165, 1.54) is 0 Å². The molecule has 0 amide bonds. The summed E-state index contributed by atoms with van der Waals surface area (Å²) in [7, 11) is 0. The van der Waals surface area contributed by atoms with Crippen molar-refractivity contribution in [1.82, 2.24) is 9.97 Å². The van der Waals surface area contributed by atoms with Crippen LogP contribution in [0.3, 0.4) is 0 Å². The van der Waals surface area contributed by atoms with E-state index in [2.05, 4.69) is 30.8 Å². The van der Waals surface area contributed by atoms with Crippen LogP contribution < -0.4 is 4.90 Å². The standard InChI is InChI=1S/C13H22BrN3O2/c1-3-18-7-5-17(6-8-19-4-2)13-15-10-12(9-14)11-16-13/h10-11H,3-9H2,1-2H3. The smallest absolute Gasteiger partial charge is 0.225 e. The lowest BCUT2D eigenvalue weighted by molar-refractivity contribution is 0.141. The molecule has 0 saturated heterocycles. The van der Waals surface area contributed by atoms with Crippen LogP contribution in [0.4, 0.5) is 5.95 Å². The van der Waals surface area contributed by atoms with Gasteiger partial charge in [0, 0.05) is 44.0 Å². The normalized spacial score (nSPS) is 10.7. The Balaban J connectivity index is 2.58. The number of ether oxygens (including phenoxy) is 2. The number of hydrogen-bond donors (Lipinski definition) is 0. The molecule has 5 nitrogen and oxygen atoms in total. The highest BCUT2D eigenvalue weighted by atomic mass is 79.9. The molecule has 6 heteroatoms. The van der Waals surface area contributed by atoms with E-state index in [1.807, 2.05) is 26.2 Å². The Labute approximate surface area is 123 Å². The molecule has 1 aromatic heterocycles. The molecule has 0 bridgehead atoms. The molecule has 0 spiro atoms. The molecule has 0 N–H and O–H groups in total. The summed E-state index contributed by atoms with van der Waals surface area (Å²) in [5, 5.41) is 0.769. The van der Waals surface area contributed by atoms with Gasteiger partial charge in [0.05, 0.1) is 13.2 Å². The van der Waals surface area contributed by atoms with Crippen molar-refractivity contribution in [2.45, 2.75) is 19.2 Å². The molecule has 19 heavy (non-hydrogen) atoms. The highest BCUT2D eigenvalue weighted by Gasteiger charge is 2.09. The van der Waals surface area contributed by atoms with Gasteiger partial charge in [0.2, 0.25) is 5.95 Å². The van der Waals surface area contributed by atoms with Gasteiger partial charge in [-0.15, -0.1) is 0 Å². The minimum atomic E-state index is 0.673. The van der Waals surface area contributed by atoms with Crippen LogP contribution in [0.1, 0.15) is 19.4 Å². The molecule has 0 aromatic carbocycles. The Morgan fingerprint density at radius 3 is 2.00 bits per heavy atom. The van der Waals surface area contributed by atoms with Crippen molar-refractivity contribution in [3.8, 4) is 0 Å². The van der Waals surface area contributed by atoms with E-state index in [4.69, 9.17) is 9.47 Å². The summed E-state index contributed by atoms with van der Waals surface area (Å²) < 4.78 is 10.8. The fourth-order valence-electron chi connectivity index (χ4n) is 1.53. The second kappa shape index (κ2) is 10.1. The van der Waals surface area contributed by atoms with Crippen LogP contribution >= 0.6 is 15.9 Å². The first kappa shape index (κ1) is 16.3. The molecular formula is C13H22BrN3O2. The van der Waals surface area contributed by atoms with Crippen LogP contribution in [0.15, 0.2) is 12.4 Å². The van der Waals surface area contributed by atoms with Crippen molar-refractivity contribution >= 4 is 21.9 Å². The molecule has 1 aromatic rings. The molecule has 1 rings (SSSR count). The number of halogens is 1. The van der Waals surface area contributed by atoms with E-state index in [1.54, 1.807) is 0 Å². The van der Waals surface area contributed by atoms with Crippen LogP contribution in [-0.4, -0.2) is 49.5 Å². The highest BCUT2D eigenvalue weighted by molar-refractivity contribution is 9.08. The number of nitrogens with zero attached hydrogens (tertiary/aromatic N) is 3. The Bertz CT molecular complexity index is 325. The van der Waals surface area contributed by atoms with Crippen LogP contribution in [0.2, 0.25) is 0 Å². The Hall–Kier alpha value is -0.720. The lowest BCUT2D eigenvalue weighted by Gasteiger charge is -2.22. The molecule has 1 heterocycles. The average molecular weight is 332 g/mol. The van der Waals surface area contributed by atoms with Crippen LogP contribution in [0.5, 0.6) is 0 Å². The third-order valence-corrected chi connectivity index (χ3v) is 3.20. The van der Waals surface area contributed by atoms with E-state index >= 15 is 0 Å². The highest BCUT2D eigenvalue weighted by Crippen LogP contribution is 2.09. The minimum absolute atomic E-state index is 0.673. The van der Waals surface area contributed by atoms with E-state index in [0.717, 1.165) is 43.1 Å². The summed E-state index contributed by atoms with van der Waals surface area (Å²) >= 11 is 3.39. The van der Waals surface area contributed by atoms with E-state index in [-0.39, 0.29) is 0 Å². The quantitative estimate of drug-likeness (QED) is 0.486. The van der Waals surface area contributed by atoms with E-state index < -0.39 is 0 Å². The summed E-state index contributed by atoms with van der Waals surface area (Å²) in [5.74, 6) is 0.726. The SMILES string of the molecule is CCOCCN(CCOCC)c1ncc(CBr)cn1. The molecule has 0 saturated carbocycles. The Kier molecular flexibility index (Phi) is 8.69. The minimum Gasteiger partial charge on any atom is -0.380 e. The third-order valence-electron chi connectivity index (χ3n) is 2.55. The second-order valence-corrected chi connectivity index (χ2v) is 4.47. The van der Waals surface area contributed by atoms with Crippen molar-refractivity contribution in [3.05, 3.63) is 18.0 Å². The van der Waals surface area contributed by atoms with Gasteiger partial charge in [-0.1, -0.05) is 15.9 Å². The van der Waals surface area contributed by atoms with Crippen LogP contribution in [-0.2, 0) is 14.8 Å². The van der Waals surface area contributed by atoms with Crippen molar-refractivity contribution < 1.29 is 9.47 Å². The Morgan fingerprint density at radius 1 is 1.05 bits per heavy atom. The van der Waals surface area contributed by atoms with E-state index in [0.29, 0.717) is 13.2 Å². The fourth-order valence-corrected chi connectivity index (χ4v) is 1.82. The number of alkyl halides is 1. The first-order valence-electron chi connectivity index (χ1n) is 6.59. The molecular weight excluding hydrogens is 310 g/mol. The van der Waals surface area contributed by atoms with Crippen molar-refractivity contribution in [3.63, 3.8) is 0 Å². The Morgan fingerprint density at radius 2 is 1.58 bits per heavy atom. The summed E-state index contributed by atoms with van der Waals surface area (Å²) in [4.78, 5) is 10.8. The summed E-state index contributed by atoms with van der Waals surface area (Å²) in [6.07, 6.45) is 3.68. The predicted molar refractivity (Wildman–Crippen MR) is 79.9 cm³/mol. The molecule has 0 atom stereocenters. The third kappa shape index (κ3) is 6.31. The second-order valence-electron chi connectivity index (χ2n) is 3.91. The largest absolute Gasteiger partial charge is 0.380 e. The molecule has 0 aliphatic heterocycles. The zero-order valence-electron chi connectivity index (χ0n) is 11.6. The molecule has 0 radical (unpaired) electrons. The van der Waals surface area contributed by atoms with Gasteiger partial charge in [0.15, 0.2) is 0 Å². The lowest BCUT2D eigenvalue weighted by Crippen LogP contribution is -2.32. The molecule has 108 valence electrons. The number of aromatic nitrogens is 2. The molecule has 0 aliphatic rings. The summed E-state index contributed by atoms with van der Waals surface area (Å²) in [6, 6.07) is 0. The average Bonchev–Trinajstić information content (AvgIpc) is 2.46. The first-order valence-corrected chi connectivity index (χ1v) is 7.71. The van der Waals surface area contributed by atoms with Crippen molar-refractivity contribution in [2.24, 2.45) is 0 Å². The summed E-state index contributed by atoms with van der Waals surface area (Å²) in [6.45, 7) is 8.32. The fraction of sp³-hybridized carbons (Fsp3) is 0.692. The van der Waals surface area contributed by atoms with Crippen molar-refractivity contribution in [2.75, 3.05) is 44.4 Å². The van der Waals surface area contributed by atoms with Gasteiger partial charge >= 0.3 is 0 Å². The number of hydrogen-bond acceptors (Lipinski definition) is 5. The maximum atomic E-state index is 5.39. The van der Waals surface area contributed by atoms with Gasteiger partial charge in [0.25, 0.3) is 0 Å². The van der Waals surface area contributed by atoms with Gasteiger partial charge in [0.1, 0.15) is 0 Å². The maximum absolute atomic E-state index is 5.39. The maximum Gasteiger partial charge on any atom is 0.225 e. The van der Waals surface area contributed by atoms with Gasteiger partial charge in [-0.05, 0) is 19.4 Å². The zero-order chi connectivity index (χ0) is 13.9. The van der Waals surface area contributed by atoms with Crippen molar-refractivity contribution in [1.29, 1.82) is 0 Å². The van der Waals surface area contributed by atoms with Gasteiger partial charge in [-0.2, -0.15) is 0 Å².